The molecule has 11 heteroatoms. The zero-order chi connectivity index (χ0) is 17.4. The summed E-state index contributed by atoms with van der Waals surface area (Å²) in [5.41, 5.74) is 0.00179. The molecule has 0 saturated heterocycles. The summed E-state index contributed by atoms with van der Waals surface area (Å²) in [7, 11) is 0.345. The molecule has 0 saturated carbocycles. The lowest BCUT2D eigenvalue weighted by molar-refractivity contribution is 0.0684. The van der Waals surface area contributed by atoms with Crippen LogP contribution in [-0.4, -0.2) is 46.8 Å². The lowest BCUT2D eigenvalue weighted by atomic mass is 10.4. The molecule has 2 aromatic heterocycles. The van der Waals surface area contributed by atoms with Crippen LogP contribution in [0.15, 0.2) is 23.2 Å². The second-order valence-electron chi connectivity index (χ2n) is 4.70. The number of amides is 1. The van der Waals surface area contributed by atoms with E-state index in [4.69, 9.17) is 5.11 Å². The number of nitrogens with one attached hydrogen (secondary N) is 2. The van der Waals surface area contributed by atoms with E-state index in [2.05, 4.69) is 15.1 Å². The van der Waals surface area contributed by atoms with Crippen molar-refractivity contribution in [1.82, 2.24) is 19.7 Å². The summed E-state index contributed by atoms with van der Waals surface area (Å²) in [4.78, 5) is 22.4. The molecule has 0 aliphatic heterocycles. The average Bonchev–Trinajstić information content (AvgIpc) is 3.01. The Kier molecular flexibility index (Phi) is 4.14. The van der Waals surface area contributed by atoms with E-state index >= 15 is 0 Å². The number of aromatic nitrogens is 3. The Balaban J connectivity index is 2.34. The number of nitrogens with zero attached hydrogens (tertiary/aromatic N) is 3. The van der Waals surface area contributed by atoms with E-state index in [1.807, 2.05) is 0 Å². The summed E-state index contributed by atoms with van der Waals surface area (Å²) in [5, 5.41) is 15.1. The standard InChI is InChI=1S/C12H15N5O5S/c1-13-11(18)8-4-7(6-16(8)2)23(21,22)15-10-5-9(12(19)20)17(3)14-10/h4-6H,1-3H3,(H,13,18)(H,14,15)(H,19,20). The van der Waals surface area contributed by atoms with Crippen LogP contribution < -0.4 is 10.0 Å². The molecular formula is C12H15N5O5S. The molecule has 1 amide bonds. The Morgan fingerprint density at radius 1 is 1.22 bits per heavy atom. The van der Waals surface area contributed by atoms with Gasteiger partial charge in [-0.2, -0.15) is 5.10 Å². The second-order valence-corrected chi connectivity index (χ2v) is 6.38. The largest absolute Gasteiger partial charge is 0.477 e. The van der Waals surface area contributed by atoms with Gasteiger partial charge in [0.15, 0.2) is 5.82 Å². The Hall–Kier alpha value is -2.82. The molecule has 10 nitrogen and oxygen atoms in total. The first-order valence-corrected chi connectivity index (χ1v) is 7.82. The highest BCUT2D eigenvalue weighted by molar-refractivity contribution is 7.92. The van der Waals surface area contributed by atoms with Gasteiger partial charge in [-0.1, -0.05) is 0 Å². The van der Waals surface area contributed by atoms with Gasteiger partial charge in [0.2, 0.25) is 0 Å². The monoisotopic (exact) mass is 341 g/mol. The van der Waals surface area contributed by atoms with Crippen molar-refractivity contribution in [2.45, 2.75) is 4.90 Å². The zero-order valence-electron chi connectivity index (χ0n) is 12.6. The molecular weight excluding hydrogens is 326 g/mol. The SMILES string of the molecule is CNC(=O)c1cc(S(=O)(=O)Nc2cc(C(=O)O)n(C)n2)cn1C. The summed E-state index contributed by atoms with van der Waals surface area (Å²) in [6.45, 7) is 0. The first-order chi connectivity index (χ1) is 10.7. The third-order valence-electron chi connectivity index (χ3n) is 3.09. The second kappa shape index (κ2) is 5.76. The van der Waals surface area contributed by atoms with Crippen LogP contribution in [0.4, 0.5) is 5.82 Å². The lowest BCUT2D eigenvalue weighted by Gasteiger charge is -2.02. The molecule has 0 radical (unpaired) electrons. The molecule has 0 aliphatic rings. The number of anilines is 1. The van der Waals surface area contributed by atoms with Gasteiger partial charge in [0.25, 0.3) is 15.9 Å². The number of sulfonamides is 1. The number of rotatable bonds is 5. The fourth-order valence-corrected chi connectivity index (χ4v) is 3.01. The molecule has 0 unspecified atom stereocenters. The van der Waals surface area contributed by atoms with E-state index in [0.29, 0.717) is 0 Å². The number of carbonyl (C=O) groups excluding carboxylic acids is 1. The van der Waals surface area contributed by atoms with Crippen molar-refractivity contribution < 1.29 is 23.1 Å². The van der Waals surface area contributed by atoms with E-state index in [0.717, 1.165) is 10.7 Å². The van der Waals surface area contributed by atoms with Crippen LogP contribution in [0.2, 0.25) is 0 Å². The van der Waals surface area contributed by atoms with E-state index in [9.17, 15) is 18.0 Å². The third kappa shape index (κ3) is 3.18. The van der Waals surface area contributed by atoms with Crippen LogP contribution in [0.25, 0.3) is 0 Å². The van der Waals surface area contributed by atoms with Crippen LogP contribution in [0, 0.1) is 0 Å². The minimum absolute atomic E-state index is 0.129. The highest BCUT2D eigenvalue weighted by Gasteiger charge is 2.22. The van der Waals surface area contributed by atoms with Crippen molar-refractivity contribution in [1.29, 1.82) is 0 Å². The fourth-order valence-electron chi connectivity index (χ4n) is 1.95. The van der Waals surface area contributed by atoms with Gasteiger partial charge < -0.3 is 15.0 Å². The van der Waals surface area contributed by atoms with Crippen LogP contribution in [0.3, 0.4) is 0 Å². The minimum atomic E-state index is -4.01. The van der Waals surface area contributed by atoms with Crippen molar-refractivity contribution >= 4 is 27.7 Å². The predicted octanol–water partition coefficient (Wildman–Crippen LogP) is -0.383. The average molecular weight is 341 g/mol. The topological polar surface area (TPSA) is 135 Å². The van der Waals surface area contributed by atoms with Crippen molar-refractivity contribution in [2.24, 2.45) is 14.1 Å². The van der Waals surface area contributed by atoms with Gasteiger partial charge in [-0.25, -0.2) is 13.2 Å². The van der Waals surface area contributed by atoms with Crippen LogP contribution in [0.5, 0.6) is 0 Å². The minimum Gasteiger partial charge on any atom is -0.477 e. The number of aryl methyl sites for hydroxylation is 2. The predicted molar refractivity (Wildman–Crippen MR) is 79.8 cm³/mol. The van der Waals surface area contributed by atoms with E-state index in [1.165, 1.54) is 38.0 Å². The molecule has 2 aromatic rings. The molecule has 0 atom stereocenters. The summed E-state index contributed by atoms with van der Waals surface area (Å²) in [5.74, 6) is -1.79. The van der Waals surface area contributed by atoms with E-state index in [-0.39, 0.29) is 22.1 Å². The number of carboxylic acids is 1. The Morgan fingerprint density at radius 3 is 2.39 bits per heavy atom. The number of carboxylic acid groups (broad SMARTS) is 1. The summed E-state index contributed by atoms with van der Waals surface area (Å²) in [6.07, 6.45) is 1.27. The molecule has 0 spiro atoms. The van der Waals surface area contributed by atoms with Gasteiger partial charge in [0, 0.05) is 33.4 Å². The van der Waals surface area contributed by atoms with Crippen molar-refractivity contribution in [2.75, 3.05) is 11.8 Å². The van der Waals surface area contributed by atoms with Gasteiger partial charge in [-0.3, -0.25) is 14.2 Å². The van der Waals surface area contributed by atoms with Gasteiger partial charge >= 0.3 is 5.97 Å². The summed E-state index contributed by atoms with van der Waals surface area (Å²) in [6, 6.07) is 2.31. The van der Waals surface area contributed by atoms with Gasteiger partial charge in [-0.15, -0.1) is 0 Å². The smallest absolute Gasteiger partial charge is 0.354 e. The van der Waals surface area contributed by atoms with Crippen molar-refractivity contribution in [3.05, 3.63) is 29.7 Å². The highest BCUT2D eigenvalue weighted by Crippen LogP contribution is 2.18. The Bertz CT molecular complexity index is 880. The maximum absolute atomic E-state index is 12.3. The maximum atomic E-state index is 12.3. The van der Waals surface area contributed by atoms with E-state index in [1.54, 1.807) is 0 Å². The zero-order valence-corrected chi connectivity index (χ0v) is 13.4. The third-order valence-corrected chi connectivity index (χ3v) is 4.41. The Labute approximate surface area is 131 Å². The maximum Gasteiger partial charge on any atom is 0.354 e. The molecule has 2 heterocycles. The Morgan fingerprint density at radius 2 is 1.87 bits per heavy atom. The van der Waals surface area contributed by atoms with Gasteiger partial charge in [0.05, 0.1) is 0 Å². The highest BCUT2D eigenvalue weighted by atomic mass is 32.2. The van der Waals surface area contributed by atoms with Crippen LogP contribution in [0.1, 0.15) is 21.0 Å². The normalized spacial score (nSPS) is 11.3. The molecule has 0 bridgehead atoms. The quantitative estimate of drug-likeness (QED) is 0.678. The van der Waals surface area contributed by atoms with Crippen molar-refractivity contribution in [3.63, 3.8) is 0 Å². The molecule has 0 fully saturated rings. The summed E-state index contributed by atoms with van der Waals surface area (Å²) < 4.78 is 29.2. The first kappa shape index (κ1) is 16.5. The van der Waals surface area contributed by atoms with Gasteiger partial charge in [-0.05, 0) is 6.07 Å². The molecule has 2 rings (SSSR count). The van der Waals surface area contributed by atoms with Crippen molar-refractivity contribution in [3.8, 4) is 0 Å². The molecule has 0 aliphatic carbocycles. The fraction of sp³-hybridized carbons (Fsp3) is 0.250. The summed E-state index contributed by atoms with van der Waals surface area (Å²) >= 11 is 0. The van der Waals surface area contributed by atoms with Gasteiger partial charge in [0.1, 0.15) is 16.3 Å². The van der Waals surface area contributed by atoms with Crippen LogP contribution in [-0.2, 0) is 24.1 Å². The first-order valence-electron chi connectivity index (χ1n) is 6.34. The number of hydrogen-bond donors (Lipinski definition) is 3. The number of hydrogen-bond acceptors (Lipinski definition) is 5. The number of aromatic carboxylic acids is 1. The molecule has 23 heavy (non-hydrogen) atoms. The van der Waals surface area contributed by atoms with E-state index < -0.39 is 21.9 Å². The molecule has 3 N–H and O–H groups in total. The van der Waals surface area contributed by atoms with Crippen LogP contribution >= 0.6 is 0 Å². The number of carbonyl (C=O) groups is 2. The molecule has 0 aromatic carbocycles. The lowest BCUT2D eigenvalue weighted by Crippen LogP contribution is -2.20. The molecule has 124 valence electrons.